The molecular formula is C11H13FN. The van der Waals surface area contributed by atoms with E-state index in [4.69, 9.17) is 0 Å². The Kier molecular flexibility index (Phi) is 1.88. The van der Waals surface area contributed by atoms with E-state index in [0.29, 0.717) is 6.04 Å². The van der Waals surface area contributed by atoms with Crippen LogP contribution in [0.15, 0.2) is 18.2 Å². The lowest BCUT2D eigenvalue weighted by atomic mass is 9.81. The third kappa shape index (κ3) is 1.73. The second-order valence-electron chi connectivity index (χ2n) is 4.25. The number of nitrogens with one attached hydrogen (secondary N) is 1. The fourth-order valence-electron chi connectivity index (χ4n) is 1.83. The summed E-state index contributed by atoms with van der Waals surface area (Å²) < 4.78 is 12.8. The molecule has 1 N–H and O–H groups in total. The molecule has 2 heteroatoms. The summed E-state index contributed by atoms with van der Waals surface area (Å²) >= 11 is 0. The molecule has 1 aliphatic rings. The molecule has 1 aliphatic heterocycles. The summed E-state index contributed by atoms with van der Waals surface area (Å²) in [6.07, 6.45) is 1.07. The molecule has 1 atom stereocenters. The van der Waals surface area contributed by atoms with Crippen molar-refractivity contribution in [3.63, 3.8) is 0 Å². The van der Waals surface area contributed by atoms with Crippen molar-refractivity contribution >= 4 is 0 Å². The second kappa shape index (κ2) is 2.81. The zero-order chi connectivity index (χ0) is 9.47. The Morgan fingerprint density at radius 2 is 2.31 bits per heavy atom. The zero-order valence-electron chi connectivity index (χ0n) is 7.89. The Bertz CT molecular complexity index is 312. The summed E-state index contributed by atoms with van der Waals surface area (Å²) in [6, 6.07) is 7.92. The van der Waals surface area contributed by atoms with Gasteiger partial charge in [-0.25, -0.2) is 4.39 Å². The van der Waals surface area contributed by atoms with Gasteiger partial charge in [0, 0.05) is 17.6 Å². The predicted octanol–water partition coefficient (Wildman–Crippen LogP) is 2.44. The second-order valence-corrected chi connectivity index (χ2v) is 4.25. The third-order valence-electron chi connectivity index (χ3n) is 2.47. The molecule has 1 aromatic rings. The molecule has 1 saturated heterocycles. The largest absolute Gasteiger partial charge is 0.305 e. The van der Waals surface area contributed by atoms with Gasteiger partial charge in [0.1, 0.15) is 5.82 Å². The molecule has 1 radical (unpaired) electrons. The Morgan fingerprint density at radius 3 is 2.85 bits per heavy atom. The molecule has 1 nitrogen and oxygen atoms in total. The van der Waals surface area contributed by atoms with Crippen LogP contribution in [0.1, 0.15) is 31.9 Å². The maximum absolute atomic E-state index is 12.8. The van der Waals surface area contributed by atoms with Crippen LogP contribution in [0.5, 0.6) is 0 Å². The van der Waals surface area contributed by atoms with E-state index in [1.807, 2.05) is 6.07 Å². The van der Waals surface area contributed by atoms with Crippen LogP contribution in [-0.2, 0) is 0 Å². The molecule has 0 amide bonds. The van der Waals surface area contributed by atoms with Gasteiger partial charge in [0.2, 0.25) is 0 Å². The maximum Gasteiger partial charge on any atom is 0.131 e. The molecule has 1 fully saturated rings. The fraction of sp³-hybridized carbons (Fsp3) is 0.455. The number of rotatable bonds is 1. The van der Waals surface area contributed by atoms with E-state index in [0.717, 1.165) is 12.0 Å². The van der Waals surface area contributed by atoms with E-state index in [-0.39, 0.29) is 11.4 Å². The van der Waals surface area contributed by atoms with Gasteiger partial charge < -0.3 is 5.32 Å². The maximum atomic E-state index is 12.8. The van der Waals surface area contributed by atoms with Crippen molar-refractivity contribution in [3.8, 4) is 0 Å². The van der Waals surface area contributed by atoms with Crippen LogP contribution in [0, 0.1) is 11.9 Å². The average Bonchev–Trinajstić information content (AvgIpc) is 2.00. The van der Waals surface area contributed by atoms with Crippen LogP contribution in [0.25, 0.3) is 0 Å². The first kappa shape index (κ1) is 8.70. The number of halogens is 1. The van der Waals surface area contributed by atoms with E-state index in [9.17, 15) is 4.39 Å². The summed E-state index contributed by atoms with van der Waals surface area (Å²) in [4.78, 5) is 0. The van der Waals surface area contributed by atoms with Gasteiger partial charge in [-0.1, -0.05) is 12.1 Å². The molecule has 2 rings (SSSR count). The first-order valence-corrected chi connectivity index (χ1v) is 4.52. The van der Waals surface area contributed by atoms with Crippen LogP contribution in [0.4, 0.5) is 4.39 Å². The topological polar surface area (TPSA) is 12.0 Å². The van der Waals surface area contributed by atoms with Crippen molar-refractivity contribution in [2.45, 2.75) is 31.8 Å². The summed E-state index contributed by atoms with van der Waals surface area (Å²) in [6.45, 7) is 4.30. The minimum atomic E-state index is -0.274. The van der Waals surface area contributed by atoms with E-state index in [1.54, 1.807) is 12.1 Å². The van der Waals surface area contributed by atoms with Crippen molar-refractivity contribution in [1.29, 1.82) is 0 Å². The molecule has 1 aromatic carbocycles. The van der Waals surface area contributed by atoms with E-state index < -0.39 is 0 Å². The molecule has 0 spiro atoms. The average molecular weight is 178 g/mol. The van der Waals surface area contributed by atoms with Crippen molar-refractivity contribution < 1.29 is 4.39 Å². The SMILES string of the molecule is CC1(C)C[C@@H](c2cc[c]c(F)c2)N1. The van der Waals surface area contributed by atoms with Crippen LogP contribution >= 0.6 is 0 Å². The number of hydrogen-bond acceptors (Lipinski definition) is 1. The molecule has 1 heterocycles. The molecule has 0 unspecified atom stereocenters. The van der Waals surface area contributed by atoms with Crippen molar-refractivity contribution in [2.75, 3.05) is 0 Å². The summed E-state index contributed by atoms with van der Waals surface area (Å²) in [5.41, 5.74) is 1.23. The van der Waals surface area contributed by atoms with Crippen LogP contribution < -0.4 is 5.32 Å². The molecule has 13 heavy (non-hydrogen) atoms. The molecule has 69 valence electrons. The fourth-order valence-corrected chi connectivity index (χ4v) is 1.83. The van der Waals surface area contributed by atoms with Crippen molar-refractivity contribution in [2.24, 2.45) is 0 Å². The monoisotopic (exact) mass is 178 g/mol. The van der Waals surface area contributed by atoms with Gasteiger partial charge in [0.05, 0.1) is 0 Å². The van der Waals surface area contributed by atoms with Gasteiger partial charge in [0.25, 0.3) is 0 Å². The molecule has 0 aliphatic carbocycles. The Balaban J connectivity index is 2.11. The highest BCUT2D eigenvalue weighted by Gasteiger charge is 2.35. The lowest BCUT2D eigenvalue weighted by Gasteiger charge is -2.44. The lowest BCUT2D eigenvalue weighted by Crippen LogP contribution is -2.54. The highest BCUT2D eigenvalue weighted by molar-refractivity contribution is 5.23. The smallest absolute Gasteiger partial charge is 0.131 e. The van der Waals surface area contributed by atoms with E-state index >= 15 is 0 Å². The van der Waals surface area contributed by atoms with E-state index in [2.05, 4.69) is 25.2 Å². The lowest BCUT2D eigenvalue weighted by molar-refractivity contribution is 0.177. The Hall–Kier alpha value is -0.890. The molecule has 0 bridgehead atoms. The predicted molar refractivity (Wildman–Crippen MR) is 49.8 cm³/mol. The van der Waals surface area contributed by atoms with Gasteiger partial charge in [-0.15, -0.1) is 0 Å². The minimum Gasteiger partial charge on any atom is -0.305 e. The van der Waals surface area contributed by atoms with Crippen molar-refractivity contribution in [1.82, 2.24) is 5.32 Å². The van der Waals surface area contributed by atoms with Crippen LogP contribution in [0.3, 0.4) is 0 Å². The van der Waals surface area contributed by atoms with E-state index in [1.165, 1.54) is 0 Å². The van der Waals surface area contributed by atoms with Gasteiger partial charge in [-0.2, -0.15) is 0 Å². The van der Waals surface area contributed by atoms with Crippen LogP contribution in [-0.4, -0.2) is 5.54 Å². The molecular weight excluding hydrogens is 165 g/mol. The minimum absolute atomic E-state index is 0.209. The normalized spacial score (nSPS) is 25.3. The Labute approximate surface area is 78.0 Å². The Morgan fingerprint density at radius 1 is 1.62 bits per heavy atom. The summed E-state index contributed by atoms with van der Waals surface area (Å²) in [7, 11) is 0. The number of hydrogen-bond donors (Lipinski definition) is 1. The molecule has 0 aromatic heterocycles. The zero-order valence-corrected chi connectivity index (χ0v) is 7.89. The van der Waals surface area contributed by atoms with Gasteiger partial charge in [-0.3, -0.25) is 0 Å². The molecule has 0 saturated carbocycles. The summed E-state index contributed by atoms with van der Waals surface area (Å²) in [5.74, 6) is -0.274. The first-order chi connectivity index (χ1) is 6.07. The van der Waals surface area contributed by atoms with Gasteiger partial charge >= 0.3 is 0 Å². The highest BCUT2D eigenvalue weighted by atomic mass is 19.1. The standard InChI is InChI=1S/C11H13FN/c1-11(2)7-10(13-11)8-4-3-5-9(12)6-8/h3-4,6,10,13H,7H2,1-2H3/t10-/m0/s1. The van der Waals surface area contributed by atoms with Gasteiger partial charge in [0.15, 0.2) is 0 Å². The summed E-state index contributed by atoms with van der Waals surface area (Å²) in [5, 5.41) is 3.38. The highest BCUT2D eigenvalue weighted by Crippen LogP contribution is 2.34. The first-order valence-electron chi connectivity index (χ1n) is 4.52. The third-order valence-corrected chi connectivity index (χ3v) is 2.47. The number of benzene rings is 1. The van der Waals surface area contributed by atoms with Crippen molar-refractivity contribution in [3.05, 3.63) is 35.6 Å². The van der Waals surface area contributed by atoms with Crippen LogP contribution in [0.2, 0.25) is 0 Å². The van der Waals surface area contributed by atoms with Gasteiger partial charge in [-0.05, 0) is 31.9 Å². The quantitative estimate of drug-likeness (QED) is 0.696.